The average Bonchev–Trinajstić information content (AvgIpc) is 3.84. The molecule has 0 bridgehead atoms. The second-order valence-corrected chi connectivity index (χ2v) is 16.6. The lowest BCUT2D eigenvalue weighted by Crippen LogP contribution is -2.63. The first-order valence-corrected chi connectivity index (χ1v) is 18.0. The number of nitrogens with zero attached hydrogens (tertiary/aromatic N) is 1. The number of piperidine rings is 1. The number of carbonyl (C=O) groups excluding carboxylic acids is 5. The van der Waals surface area contributed by atoms with Crippen LogP contribution in [0.3, 0.4) is 0 Å². The van der Waals surface area contributed by atoms with Gasteiger partial charge in [0.15, 0.2) is 0 Å². The molecule has 3 aliphatic carbocycles. The largest absolute Gasteiger partial charge is 0.346 e. The van der Waals surface area contributed by atoms with Crippen LogP contribution in [0, 0.1) is 28.6 Å². The quantitative estimate of drug-likeness (QED) is 0.168. The Hall–Kier alpha value is -2.56. The van der Waals surface area contributed by atoms with Gasteiger partial charge in [0.25, 0.3) is 5.91 Å². The summed E-state index contributed by atoms with van der Waals surface area (Å²) >= 11 is 1.82. The topological polar surface area (TPSA) is 137 Å². The molecule has 5 atom stereocenters. The Morgan fingerprint density at radius 1 is 1.04 bits per heavy atom. The Balaban J connectivity index is 1.52. The minimum absolute atomic E-state index is 0.0706. The fourth-order valence-corrected chi connectivity index (χ4v) is 8.41. The van der Waals surface area contributed by atoms with Crippen molar-refractivity contribution in [3.63, 3.8) is 0 Å². The number of nitrogens with one attached hydrogen (secondary N) is 4. The molecule has 1 saturated heterocycles. The van der Waals surface area contributed by atoms with Gasteiger partial charge in [-0.1, -0.05) is 79.7 Å². The number of amides is 5. The monoisotopic (exact) mass is 645 g/mol. The van der Waals surface area contributed by atoms with Gasteiger partial charge in [-0.05, 0) is 53.6 Å². The van der Waals surface area contributed by atoms with Gasteiger partial charge in [-0.3, -0.25) is 19.2 Å². The van der Waals surface area contributed by atoms with Gasteiger partial charge in [-0.15, -0.1) is 6.58 Å². The van der Waals surface area contributed by atoms with Crippen LogP contribution in [-0.2, 0) is 19.2 Å². The summed E-state index contributed by atoms with van der Waals surface area (Å²) in [7, 11) is 0. The lowest BCUT2D eigenvalue weighted by atomic mass is 9.83. The molecule has 4 N–H and O–H groups in total. The predicted molar refractivity (Wildman–Crippen MR) is 177 cm³/mol. The van der Waals surface area contributed by atoms with E-state index in [-0.39, 0.29) is 47.2 Å². The molecule has 1 unspecified atom stereocenters. The van der Waals surface area contributed by atoms with Gasteiger partial charge in [0.2, 0.25) is 17.6 Å². The van der Waals surface area contributed by atoms with Crippen molar-refractivity contribution in [2.24, 2.45) is 28.6 Å². The van der Waals surface area contributed by atoms with E-state index in [0.29, 0.717) is 13.0 Å². The van der Waals surface area contributed by atoms with Gasteiger partial charge in [0.05, 0.1) is 11.6 Å². The molecule has 10 nitrogen and oxygen atoms in total. The van der Waals surface area contributed by atoms with Crippen LogP contribution < -0.4 is 21.3 Å². The van der Waals surface area contributed by atoms with E-state index in [9.17, 15) is 24.0 Å². The first-order valence-electron chi connectivity index (χ1n) is 16.9. The summed E-state index contributed by atoms with van der Waals surface area (Å²) in [5, 5.41) is 11.7. The minimum Gasteiger partial charge on any atom is -0.346 e. The molecular weight excluding hydrogens is 590 g/mol. The van der Waals surface area contributed by atoms with E-state index < -0.39 is 41.1 Å². The predicted octanol–water partition coefficient (Wildman–Crippen LogP) is 3.80. The standard InChI is InChI=1S/C34H55N5O5S/c1-8-17-35-29(42)26(40)23(18-21-13-14-21)36-28(41)25-24-22(33(24,6)7)19-39(25)30(43)27(32(3,4)5)37-31(44)38-34(20-45-9-2)15-11-10-12-16-34/h8,21-25,27H,1,9-20H2,2-7H3,(H,35,42)(H,36,41)(H2,37,38,44)/t22-,23?,24-,25-,27+/m0/s1. The van der Waals surface area contributed by atoms with E-state index in [4.69, 9.17) is 0 Å². The highest BCUT2D eigenvalue weighted by atomic mass is 32.2. The van der Waals surface area contributed by atoms with Gasteiger partial charge >= 0.3 is 6.03 Å². The maximum Gasteiger partial charge on any atom is 0.315 e. The van der Waals surface area contributed by atoms with Crippen molar-refractivity contribution in [2.45, 2.75) is 117 Å². The maximum absolute atomic E-state index is 14.4. The van der Waals surface area contributed by atoms with Crippen LogP contribution in [0.2, 0.25) is 0 Å². The number of Topliss-reactive ketones (excluding diaryl/α,β-unsaturated/α-hetero) is 1. The van der Waals surface area contributed by atoms with Gasteiger partial charge in [-0.25, -0.2) is 4.79 Å². The third-order valence-corrected chi connectivity index (χ3v) is 11.6. The zero-order chi connectivity index (χ0) is 33.2. The molecule has 0 aromatic carbocycles. The van der Waals surface area contributed by atoms with Crippen LogP contribution in [0.5, 0.6) is 0 Å². The molecule has 4 fully saturated rings. The Kier molecular flexibility index (Phi) is 11.0. The summed E-state index contributed by atoms with van der Waals surface area (Å²) in [6.07, 6.45) is 8.93. The number of hydrogen-bond acceptors (Lipinski definition) is 6. The Bertz CT molecular complexity index is 1160. The highest BCUT2D eigenvalue weighted by Gasteiger charge is 2.70. The molecule has 252 valence electrons. The van der Waals surface area contributed by atoms with Gasteiger partial charge in [0.1, 0.15) is 12.1 Å². The summed E-state index contributed by atoms with van der Waals surface area (Å²) in [6, 6.07) is -2.96. The summed E-state index contributed by atoms with van der Waals surface area (Å²) < 4.78 is 0. The number of hydrogen-bond donors (Lipinski definition) is 4. The molecule has 4 rings (SSSR count). The van der Waals surface area contributed by atoms with E-state index in [1.165, 1.54) is 6.08 Å². The van der Waals surface area contributed by atoms with Crippen molar-refractivity contribution in [1.82, 2.24) is 26.2 Å². The van der Waals surface area contributed by atoms with E-state index in [1.54, 1.807) is 4.90 Å². The summed E-state index contributed by atoms with van der Waals surface area (Å²) in [5.74, 6) is 0.0259. The fraction of sp³-hybridized carbons (Fsp3) is 0.794. The molecule has 4 aliphatic rings. The van der Waals surface area contributed by atoms with E-state index in [2.05, 4.69) is 48.6 Å². The van der Waals surface area contributed by atoms with Crippen molar-refractivity contribution in [2.75, 3.05) is 24.6 Å². The Labute approximate surface area is 273 Å². The number of urea groups is 1. The number of fused-ring (bicyclic) bond motifs is 1. The Morgan fingerprint density at radius 3 is 2.29 bits per heavy atom. The van der Waals surface area contributed by atoms with Crippen LogP contribution in [0.25, 0.3) is 0 Å². The summed E-state index contributed by atoms with van der Waals surface area (Å²) in [4.78, 5) is 69.2. The molecule has 0 aromatic rings. The van der Waals surface area contributed by atoms with Crippen molar-refractivity contribution < 1.29 is 24.0 Å². The Morgan fingerprint density at radius 2 is 1.71 bits per heavy atom. The van der Waals surface area contributed by atoms with Crippen molar-refractivity contribution in [1.29, 1.82) is 0 Å². The van der Waals surface area contributed by atoms with Crippen LogP contribution in [0.4, 0.5) is 4.79 Å². The number of thioether (sulfide) groups is 1. The molecule has 45 heavy (non-hydrogen) atoms. The lowest BCUT2D eigenvalue weighted by molar-refractivity contribution is -0.145. The molecule has 0 spiro atoms. The summed E-state index contributed by atoms with van der Waals surface area (Å²) in [5.41, 5.74) is -1.05. The maximum atomic E-state index is 14.4. The van der Waals surface area contributed by atoms with Crippen molar-refractivity contribution >= 4 is 41.3 Å². The highest BCUT2D eigenvalue weighted by molar-refractivity contribution is 7.99. The second kappa shape index (κ2) is 14.1. The normalized spacial score (nSPS) is 26.1. The molecule has 0 radical (unpaired) electrons. The van der Waals surface area contributed by atoms with E-state index in [1.807, 2.05) is 32.5 Å². The zero-order valence-electron chi connectivity index (χ0n) is 28.1. The van der Waals surface area contributed by atoms with Crippen LogP contribution >= 0.6 is 11.8 Å². The SMILES string of the molecule is C=CCNC(=O)C(=O)C(CC1CC1)NC(=O)[C@@H]1[C@@H]2[C@H](CN1C(=O)[C@@H](NC(=O)NC1(CSCC)CCCCC1)C(C)(C)C)C2(C)C. The molecule has 11 heteroatoms. The smallest absolute Gasteiger partial charge is 0.315 e. The third kappa shape index (κ3) is 8.24. The number of rotatable bonds is 14. The van der Waals surface area contributed by atoms with Crippen LogP contribution in [-0.4, -0.2) is 82.7 Å². The molecule has 3 saturated carbocycles. The minimum atomic E-state index is -0.956. The fourth-order valence-electron chi connectivity index (χ4n) is 7.45. The van der Waals surface area contributed by atoms with Gasteiger partial charge < -0.3 is 26.2 Å². The molecule has 1 heterocycles. The highest BCUT2D eigenvalue weighted by Crippen LogP contribution is 2.65. The van der Waals surface area contributed by atoms with Crippen LogP contribution in [0.1, 0.15) is 92.9 Å². The zero-order valence-corrected chi connectivity index (χ0v) is 28.9. The third-order valence-electron chi connectivity index (χ3n) is 10.5. The first-order chi connectivity index (χ1) is 21.1. The van der Waals surface area contributed by atoms with Gasteiger partial charge in [0, 0.05) is 18.8 Å². The number of likely N-dealkylation sites (tertiary alicyclic amines) is 1. The van der Waals surface area contributed by atoms with Gasteiger partial charge in [-0.2, -0.15) is 11.8 Å². The van der Waals surface area contributed by atoms with Crippen molar-refractivity contribution in [3.8, 4) is 0 Å². The molecular formula is C34H55N5O5S. The average molecular weight is 646 g/mol. The van der Waals surface area contributed by atoms with Crippen LogP contribution in [0.15, 0.2) is 12.7 Å². The lowest BCUT2D eigenvalue weighted by Gasteiger charge is -2.40. The van der Waals surface area contributed by atoms with E-state index >= 15 is 0 Å². The van der Waals surface area contributed by atoms with Crippen molar-refractivity contribution in [3.05, 3.63) is 12.7 Å². The second-order valence-electron chi connectivity index (χ2n) is 15.4. The number of carbonyl (C=O) groups is 5. The molecule has 5 amide bonds. The molecule has 0 aromatic heterocycles. The van der Waals surface area contributed by atoms with E-state index in [0.717, 1.165) is 56.5 Å². The number of ketones is 1. The first kappa shape index (κ1) is 35.3. The molecule has 1 aliphatic heterocycles. The summed E-state index contributed by atoms with van der Waals surface area (Å²) in [6.45, 7) is 16.2.